The van der Waals surface area contributed by atoms with E-state index >= 15 is 0 Å². The maximum Gasteiger partial charge on any atom is 0.336 e. The van der Waals surface area contributed by atoms with E-state index in [1.165, 1.54) is 6.07 Å². The monoisotopic (exact) mass is 235 g/mol. The topological polar surface area (TPSA) is 98.8 Å². The predicted molar refractivity (Wildman–Crippen MR) is 62.4 cm³/mol. The van der Waals surface area contributed by atoms with E-state index < -0.39 is 11.5 Å². The normalized spacial score (nSPS) is 11.9. The number of carboxylic acids is 1. The number of hydrogen-bond donors (Lipinski definition) is 3. The highest BCUT2D eigenvalue weighted by Crippen LogP contribution is 2.23. The van der Waals surface area contributed by atoms with Crippen molar-refractivity contribution in [3.8, 4) is 0 Å². The van der Waals surface area contributed by atoms with Crippen LogP contribution in [0.4, 0.5) is 0 Å². The molecule has 0 radical (unpaired) electrons. The second-order valence-corrected chi connectivity index (χ2v) is 4.91. The summed E-state index contributed by atoms with van der Waals surface area (Å²) in [5.74, 6) is -1.13. The molecule has 0 aliphatic heterocycles. The van der Waals surface area contributed by atoms with Crippen molar-refractivity contribution in [1.82, 2.24) is 15.2 Å². The standard InChI is InChI=1S/C11H13N3O3/c1-11(2,3)6-4-5(10(16)17)7-8(12-6)13-14-9(7)15/h4H,1-3H3,(H,16,17)(H2,12,13,14,15). The molecule has 2 aromatic rings. The molecule has 0 fully saturated rings. The van der Waals surface area contributed by atoms with Gasteiger partial charge in [0, 0.05) is 11.1 Å². The lowest BCUT2D eigenvalue weighted by Crippen LogP contribution is -2.16. The van der Waals surface area contributed by atoms with Gasteiger partial charge in [0.2, 0.25) is 0 Å². The first-order valence-electron chi connectivity index (χ1n) is 5.16. The quantitative estimate of drug-likeness (QED) is 0.692. The van der Waals surface area contributed by atoms with E-state index in [2.05, 4.69) is 15.2 Å². The second-order valence-electron chi connectivity index (χ2n) is 4.91. The minimum Gasteiger partial charge on any atom is -0.478 e. The lowest BCUT2D eigenvalue weighted by molar-refractivity contribution is 0.0698. The van der Waals surface area contributed by atoms with Gasteiger partial charge in [-0.3, -0.25) is 15.0 Å². The van der Waals surface area contributed by atoms with Crippen molar-refractivity contribution < 1.29 is 9.90 Å². The van der Waals surface area contributed by atoms with Gasteiger partial charge < -0.3 is 5.11 Å². The molecule has 6 nitrogen and oxygen atoms in total. The molecule has 0 unspecified atom stereocenters. The average molecular weight is 235 g/mol. The molecule has 0 aliphatic carbocycles. The Kier molecular flexibility index (Phi) is 2.30. The van der Waals surface area contributed by atoms with Crippen LogP contribution in [0.1, 0.15) is 36.8 Å². The summed E-state index contributed by atoms with van der Waals surface area (Å²) in [4.78, 5) is 26.9. The van der Waals surface area contributed by atoms with Gasteiger partial charge in [0.05, 0.1) is 10.9 Å². The van der Waals surface area contributed by atoms with Crippen LogP contribution in [0.3, 0.4) is 0 Å². The number of nitrogens with zero attached hydrogens (tertiary/aromatic N) is 1. The van der Waals surface area contributed by atoms with Crippen LogP contribution in [0, 0.1) is 0 Å². The molecule has 0 spiro atoms. The van der Waals surface area contributed by atoms with Crippen LogP contribution in [-0.4, -0.2) is 26.3 Å². The van der Waals surface area contributed by atoms with Gasteiger partial charge >= 0.3 is 5.97 Å². The van der Waals surface area contributed by atoms with E-state index in [0.717, 1.165) is 0 Å². The number of H-pyrrole nitrogens is 2. The van der Waals surface area contributed by atoms with E-state index in [9.17, 15) is 9.59 Å². The van der Waals surface area contributed by atoms with Crippen LogP contribution in [0.5, 0.6) is 0 Å². The summed E-state index contributed by atoms with van der Waals surface area (Å²) in [6.07, 6.45) is 0. The van der Waals surface area contributed by atoms with Crippen molar-refractivity contribution in [2.45, 2.75) is 26.2 Å². The zero-order valence-corrected chi connectivity index (χ0v) is 9.79. The number of rotatable bonds is 1. The summed E-state index contributed by atoms with van der Waals surface area (Å²) >= 11 is 0. The smallest absolute Gasteiger partial charge is 0.336 e. The summed E-state index contributed by atoms with van der Waals surface area (Å²) in [6, 6.07) is 1.45. The molecular formula is C11H13N3O3. The van der Waals surface area contributed by atoms with Crippen molar-refractivity contribution >= 4 is 17.0 Å². The third-order valence-electron chi connectivity index (χ3n) is 2.54. The zero-order valence-electron chi connectivity index (χ0n) is 9.79. The molecule has 0 saturated heterocycles. The Hall–Kier alpha value is -2.11. The van der Waals surface area contributed by atoms with Crippen LogP contribution in [0.2, 0.25) is 0 Å². The highest BCUT2D eigenvalue weighted by molar-refractivity contribution is 6.01. The van der Waals surface area contributed by atoms with E-state index in [4.69, 9.17) is 5.11 Å². The van der Waals surface area contributed by atoms with Crippen LogP contribution >= 0.6 is 0 Å². The van der Waals surface area contributed by atoms with E-state index in [1.54, 1.807) is 0 Å². The Morgan fingerprint density at radius 1 is 1.35 bits per heavy atom. The van der Waals surface area contributed by atoms with Gasteiger partial charge in [0.15, 0.2) is 5.65 Å². The number of nitrogens with one attached hydrogen (secondary N) is 2. The minimum absolute atomic E-state index is 0.0255. The maximum atomic E-state index is 11.5. The number of aromatic carboxylic acids is 1. The summed E-state index contributed by atoms with van der Waals surface area (Å²) < 4.78 is 0. The fourth-order valence-electron chi connectivity index (χ4n) is 1.60. The largest absolute Gasteiger partial charge is 0.478 e. The van der Waals surface area contributed by atoms with Crippen LogP contribution in [0.15, 0.2) is 10.9 Å². The third kappa shape index (κ3) is 1.82. The predicted octanol–water partition coefficient (Wildman–Crippen LogP) is 1.25. The van der Waals surface area contributed by atoms with Crippen molar-refractivity contribution in [3.05, 3.63) is 27.7 Å². The number of fused-ring (bicyclic) bond motifs is 1. The average Bonchev–Trinajstić information content (AvgIpc) is 2.58. The first-order valence-corrected chi connectivity index (χ1v) is 5.16. The van der Waals surface area contributed by atoms with E-state index in [-0.39, 0.29) is 22.0 Å². The summed E-state index contributed by atoms with van der Waals surface area (Å²) in [7, 11) is 0. The van der Waals surface area contributed by atoms with Crippen LogP contribution < -0.4 is 5.56 Å². The van der Waals surface area contributed by atoms with Gasteiger partial charge in [-0.25, -0.2) is 9.78 Å². The van der Waals surface area contributed by atoms with Crippen molar-refractivity contribution in [3.63, 3.8) is 0 Å². The number of aromatic amines is 2. The maximum absolute atomic E-state index is 11.5. The Morgan fingerprint density at radius 3 is 2.53 bits per heavy atom. The first kappa shape index (κ1) is 11.4. The van der Waals surface area contributed by atoms with Gasteiger partial charge in [0.25, 0.3) is 5.56 Å². The summed E-state index contributed by atoms with van der Waals surface area (Å²) in [5.41, 5.74) is 0.122. The molecular weight excluding hydrogens is 222 g/mol. The second kappa shape index (κ2) is 3.44. The lowest BCUT2D eigenvalue weighted by atomic mass is 9.90. The highest BCUT2D eigenvalue weighted by Gasteiger charge is 2.22. The molecule has 0 bridgehead atoms. The number of pyridine rings is 1. The first-order chi connectivity index (χ1) is 7.80. The molecule has 0 amide bonds. The highest BCUT2D eigenvalue weighted by atomic mass is 16.4. The number of carboxylic acid groups (broad SMARTS) is 1. The lowest BCUT2D eigenvalue weighted by Gasteiger charge is -2.17. The number of hydrogen-bond acceptors (Lipinski definition) is 3. The van der Waals surface area contributed by atoms with Gasteiger partial charge in [-0.2, -0.15) is 0 Å². The van der Waals surface area contributed by atoms with Crippen molar-refractivity contribution in [2.75, 3.05) is 0 Å². The summed E-state index contributed by atoms with van der Waals surface area (Å²) in [6.45, 7) is 5.78. The Morgan fingerprint density at radius 2 is 2.00 bits per heavy atom. The van der Waals surface area contributed by atoms with Gasteiger partial charge in [0.1, 0.15) is 0 Å². The molecule has 6 heteroatoms. The van der Waals surface area contributed by atoms with Crippen LogP contribution in [-0.2, 0) is 5.41 Å². The Labute approximate surface area is 96.7 Å². The Bertz CT molecular complexity index is 646. The number of carbonyl (C=O) groups is 1. The fraction of sp³-hybridized carbons (Fsp3) is 0.364. The molecule has 0 atom stereocenters. The van der Waals surface area contributed by atoms with E-state index in [0.29, 0.717) is 5.69 Å². The molecule has 2 aromatic heterocycles. The molecule has 17 heavy (non-hydrogen) atoms. The molecule has 2 rings (SSSR count). The van der Waals surface area contributed by atoms with Crippen molar-refractivity contribution in [2.24, 2.45) is 0 Å². The summed E-state index contributed by atoms with van der Waals surface area (Å²) in [5, 5.41) is 14.1. The van der Waals surface area contributed by atoms with Gasteiger partial charge in [-0.1, -0.05) is 20.8 Å². The SMILES string of the molecule is CC(C)(C)c1cc(C(=O)O)c2c(=O)[nH][nH]c2n1. The minimum atomic E-state index is -1.13. The molecule has 90 valence electrons. The number of aromatic nitrogens is 3. The van der Waals surface area contributed by atoms with Crippen LogP contribution in [0.25, 0.3) is 11.0 Å². The third-order valence-corrected chi connectivity index (χ3v) is 2.54. The van der Waals surface area contributed by atoms with Gasteiger partial charge in [-0.05, 0) is 6.07 Å². The van der Waals surface area contributed by atoms with Crippen molar-refractivity contribution in [1.29, 1.82) is 0 Å². The molecule has 2 heterocycles. The molecule has 0 saturated carbocycles. The van der Waals surface area contributed by atoms with E-state index in [1.807, 2.05) is 20.8 Å². The Balaban J connectivity index is 2.87. The molecule has 3 N–H and O–H groups in total. The molecule has 0 aliphatic rings. The van der Waals surface area contributed by atoms with Gasteiger partial charge in [-0.15, -0.1) is 0 Å². The zero-order chi connectivity index (χ0) is 12.8. The fourth-order valence-corrected chi connectivity index (χ4v) is 1.60. The molecule has 0 aromatic carbocycles.